The molecule has 1 radical (unpaired) electrons. The Morgan fingerprint density at radius 3 is 1.27 bits per heavy atom. The first-order valence-corrected chi connectivity index (χ1v) is 4.90. The van der Waals surface area contributed by atoms with Gasteiger partial charge in [-0.25, -0.2) is 0 Å². The zero-order valence-electron chi connectivity index (χ0n) is 9.62. The summed E-state index contributed by atoms with van der Waals surface area (Å²) in [6.45, 7) is 4.31. The second-order valence-corrected chi connectivity index (χ2v) is 3.63. The largest absolute Gasteiger partial charge is 0.0620 e. The molecule has 0 fully saturated rings. The van der Waals surface area contributed by atoms with Gasteiger partial charge in [-0.1, -0.05) is 48.5 Å². The van der Waals surface area contributed by atoms with Crippen LogP contribution in [0.5, 0.6) is 0 Å². The maximum atomic E-state index is 2.18. The molecule has 0 amide bonds. The maximum Gasteiger partial charge on any atom is 0 e. The van der Waals surface area contributed by atoms with Crippen molar-refractivity contribution in [3.63, 3.8) is 0 Å². The molecule has 0 saturated heterocycles. The van der Waals surface area contributed by atoms with Crippen molar-refractivity contribution in [2.75, 3.05) is 0 Å². The topological polar surface area (TPSA) is 0 Å². The summed E-state index contributed by atoms with van der Waals surface area (Å²) in [7, 11) is 0. The Hall–Kier alpha value is -0.963. The molecule has 0 atom stereocenters. The van der Waals surface area contributed by atoms with Crippen LogP contribution in [0.15, 0.2) is 48.5 Å². The van der Waals surface area contributed by atoms with Crippen LogP contribution >= 0.6 is 0 Å². The van der Waals surface area contributed by atoms with Gasteiger partial charge in [-0.05, 0) is 36.1 Å². The van der Waals surface area contributed by atoms with Crippen molar-refractivity contribution in [2.45, 2.75) is 13.8 Å². The molecule has 15 heavy (non-hydrogen) atoms. The molecule has 0 N–H and O–H groups in total. The first-order valence-electron chi connectivity index (χ1n) is 4.90. The fourth-order valence-corrected chi connectivity index (χ4v) is 1.75. The average molecular weight is 189 g/mol. The molecule has 2 aromatic rings. The second kappa shape index (κ2) is 5.21. The summed E-state index contributed by atoms with van der Waals surface area (Å²) >= 11 is 0. The summed E-state index contributed by atoms with van der Waals surface area (Å²) < 4.78 is 0. The van der Waals surface area contributed by atoms with E-state index < -0.39 is 0 Å². The molecule has 0 aromatic heterocycles. The predicted molar refractivity (Wildman–Crippen MR) is 67.1 cm³/mol. The zero-order valence-corrected chi connectivity index (χ0v) is 9.62. The van der Waals surface area contributed by atoms with E-state index in [9.17, 15) is 0 Å². The van der Waals surface area contributed by atoms with Gasteiger partial charge in [0.25, 0.3) is 0 Å². The summed E-state index contributed by atoms with van der Waals surface area (Å²) in [5.41, 5.74) is 5.35. The summed E-state index contributed by atoms with van der Waals surface area (Å²) in [6, 6.07) is 17.0. The van der Waals surface area contributed by atoms with E-state index in [1.807, 2.05) is 0 Å². The standard InChI is InChI=1S/C14H14.Li/c1-11-7-3-5-9-13(11)14-10-6-4-8-12(14)2;/h3-10H,1-2H3;. The first kappa shape index (κ1) is 12.1. The van der Waals surface area contributed by atoms with Crippen LogP contribution in [0.1, 0.15) is 11.1 Å². The average Bonchev–Trinajstić information content (AvgIpc) is 2.20. The molecule has 2 aromatic carbocycles. The van der Waals surface area contributed by atoms with Crippen molar-refractivity contribution >= 4 is 18.9 Å². The predicted octanol–water partition coefficient (Wildman–Crippen LogP) is 3.59. The minimum atomic E-state index is 0. The van der Waals surface area contributed by atoms with Crippen LogP contribution in [-0.2, 0) is 0 Å². The van der Waals surface area contributed by atoms with E-state index in [1.165, 1.54) is 22.3 Å². The maximum absolute atomic E-state index is 2.18. The second-order valence-electron chi connectivity index (χ2n) is 3.63. The van der Waals surface area contributed by atoms with Gasteiger partial charge >= 0.3 is 0 Å². The fraction of sp³-hybridized carbons (Fsp3) is 0.143. The van der Waals surface area contributed by atoms with E-state index >= 15 is 0 Å². The molecule has 2 rings (SSSR count). The van der Waals surface area contributed by atoms with E-state index in [1.54, 1.807) is 0 Å². The fourth-order valence-electron chi connectivity index (χ4n) is 1.75. The summed E-state index contributed by atoms with van der Waals surface area (Å²) in [6.07, 6.45) is 0. The van der Waals surface area contributed by atoms with Crippen LogP contribution in [0.2, 0.25) is 0 Å². The SMILES string of the molecule is Cc1ccccc1-c1ccccc1C.[Li]. The minimum absolute atomic E-state index is 0. The molecule has 0 heterocycles. The Bertz CT molecular complexity index is 403. The number of benzene rings is 2. The van der Waals surface area contributed by atoms with Gasteiger partial charge in [0.15, 0.2) is 0 Å². The van der Waals surface area contributed by atoms with Crippen molar-refractivity contribution in [3.05, 3.63) is 59.7 Å². The molecule has 1 heteroatoms. The van der Waals surface area contributed by atoms with Gasteiger partial charge in [-0.15, -0.1) is 0 Å². The quantitative estimate of drug-likeness (QED) is 0.601. The molecule has 0 aliphatic carbocycles. The van der Waals surface area contributed by atoms with Crippen LogP contribution in [0, 0.1) is 13.8 Å². The van der Waals surface area contributed by atoms with Crippen molar-refractivity contribution in [1.82, 2.24) is 0 Å². The Morgan fingerprint density at radius 2 is 0.933 bits per heavy atom. The number of rotatable bonds is 1. The third-order valence-corrected chi connectivity index (χ3v) is 2.58. The molecule has 0 unspecified atom stereocenters. The molecular weight excluding hydrogens is 175 g/mol. The summed E-state index contributed by atoms with van der Waals surface area (Å²) in [5.74, 6) is 0. The monoisotopic (exact) mass is 189 g/mol. The Morgan fingerprint density at radius 1 is 0.600 bits per heavy atom. The molecule has 71 valence electrons. The Labute approximate surface area is 104 Å². The van der Waals surface area contributed by atoms with Crippen LogP contribution in [0.3, 0.4) is 0 Å². The van der Waals surface area contributed by atoms with Gasteiger partial charge in [0.1, 0.15) is 0 Å². The number of hydrogen-bond acceptors (Lipinski definition) is 0. The van der Waals surface area contributed by atoms with Crippen molar-refractivity contribution in [1.29, 1.82) is 0 Å². The van der Waals surface area contributed by atoms with Crippen LogP contribution in [0.4, 0.5) is 0 Å². The summed E-state index contributed by atoms with van der Waals surface area (Å²) in [5, 5.41) is 0. The van der Waals surface area contributed by atoms with Crippen molar-refractivity contribution < 1.29 is 0 Å². The van der Waals surface area contributed by atoms with Crippen molar-refractivity contribution in [3.8, 4) is 11.1 Å². The minimum Gasteiger partial charge on any atom is -0.0620 e. The van der Waals surface area contributed by atoms with Gasteiger partial charge < -0.3 is 0 Å². The third-order valence-electron chi connectivity index (χ3n) is 2.58. The number of aryl methyl sites for hydroxylation is 2. The van der Waals surface area contributed by atoms with Gasteiger partial charge in [0, 0.05) is 18.9 Å². The van der Waals surface area contributed by atoms with E-state index in [4.69, 9.17) is 0 Å². The van der Waals surface area contributed by atoms with Crippen LogP contribution in [-0.4, -0.2) is 18.9 Å². The molecule has 0 bridgehead atoms. The van der Waals surface area contributed by atoms with E-state index in [-0.39, 0.29) is 18.9 Å². The van der Waals surface area contributed by atoms with E-state index in [0.717, 1.165) is 0 Å². The van der Waals surface area contributed by atoms with Gasteiger partial charge in [-0.3, -0.25) is 0 Å². The van der Waals surface area contributed by atoms with E-state index in [2.05, 4.69) is 62.4 Å². The smallest absolute Gasteiger partial charge is 0 e. The van der Waals surface area contributed by atoms with Gasteiger partial charge in [0.2, 0.25) is 0 Å². The van der Waals surface area contributed by atoms with Gasteiger partial charge in [0.05, 0.1) is 0 Å². The molecule has 0 aliphatic heterocycles. The molecular formula is C14H14Li. The molecule has 0 spiro atoms. The Balaban J connectivity index is 0.00000112. The van der Waals surface area contributed by atoms with E-state index in [0.29, 0.717) is 0 Å². The molecule has 0 aliphatic rings. The first-order chi connectivity index (χ1) is 6.79. The van der Waals surface area contributed by atoms with Crippen LogP contribution in [0.25, 0.3) is 11.1 Å². The third kappa shape index (κ3) is 2.53. The van der Waals surface area contributed by atoms with Crippen molar-refractivity contribution in [2.24, 2.45) is 0 Å². The summed E-state index contributed by atoms with van der Waals surface area (Å²) in [4.78, 5) is 0. The molecule has 0 nitrogen and oxygen atoms in total. The van der Waals surface area contributed by atoms with Crippen LogP contribution < -0.4 is 0 Å². The normalized spacial score (nSPS) is 9.47. The number of hydrogen-bond donors (Lipinski definition) is 0. The Kier molecular flexibility index (Phi) is 4.21. The molecule has 0 saturated carbocycles. The zero-order chi connectivity index (χ0) is 9.97. The van der Waals surface area contributed by atoms with Gasteiger partial charge in [-0.2, -0.15) is 0 Å².